The summed E-state index contributed by atoms with van der Waals surface area (Å²) in [6, 6.07) is -0.352. The lowest BCUT2D eigenvalue weighted by atomic mass is 10.0. The van der Waals surface area contributed by atoms with Crippen LogP contribution in [-0.2, 0) is 14.8 Å². The third-order valence-electron chi connectivity index (χ3n) is 4.19. The van der Waals surface area contributed by atoms with E-state index in [9.17, 15) is 18.0 Å². The van der Waals surface area contributed by atoms with Crippen molar-refractivity contribution in [2.45, 2.75) is 32.7 Å². The molecule has 0 unspecified atom stereocenters. The molecule has 1 N–H and O–H groups in total. The number of carboxylic acid groups (broad SMARTS) is 1. The van der Waals surface area contributed by atoms with Crippen molar-refractivity contribution >= 4 is 21.9 Å². The van der Waals surface area contributed by atoms with E-state index >= 15 is 0 Å². The van der Waals surface area contributed by atoms with E-state index in [4.69, 9.17) is 5.11 Å². The maximum atomic E-state index is 12.7. The quantitative estimate of drug-likeness (QED) is 0.755. The predicted octanol–water partition coefficient (Wildman–Crippen LogP) is 0.126. The van der Waals surface area contributed by atoms with Gasteiger partial charge in [-0.25, -0.2) is 17.7 Å². The number of aliphatic carboxylic acids is 1. The number of amides is 1. The third-order valence-corrected chi connectivity index (χ3v) is 6.07. The van der Waals surface area contributed by atoms with Gasteiger partial charge in [0, 0.05) is 25.3 Å². The molecule has 25 heavy (non-hydrogen) atoms. The van der Waals surface area contributed by atoms with Crippen molar-refractivity contribution in [3.05, 3.63) is 23.8 Å². The Bertz CT molecular complexity index is 727. The second kappa shape index (κ2) is 7.87. The van der Waals surface area contributed by atoms with Gasteiger partial charge in [0.15, 0.2) is 0 Å². The highest BCUT2D eigenvalue weighted by Crippen LogP contribution is 2.20. The minimum Gasteiger partial charge on any atom is -0.480 e. The number of carbonyl (C=O) groups excluding carboxylic acids is 1. The number of nitrogens with zero attached hydrogens (tertiary/aromatic N) is 4. The van der Waals surface area contributed by atoms with Crippen LogP contribution in [-0.4, -0.2) is 76.0 Å². The van der Waals surface area contributed by atoms with Crippen molar-refractivity contribution in [1.29, 1.82) is 0 Å². The van der Waals surface area contributed by atoms with Crippen LogP contribution in [0.5, 0.6) is 0 Å². The van der Waals surface area contributed by atoms with Crippen LogP contribution in [0, 0.1) is 6.92 Å². The first kappa shape index (κ1) is 19.3. The molecule has 0 bridgehead atoms. The molecule has 10 heteroatoms. The smallest absolute Gasteiger partial charge is 0.323 e. The summed E-state index contributed by atoms with van der Waals surface area (Å²) in [5, 5.41) is 9.14. The van der Waals surface area contributed by atoms with Gasteiger partial charge in [-0.3, -0.25) is 14.6 Å². The highest BCUT2D eigenvalue weighted by Gasteiger charge is 2.33. The second-order valence-electron chi connectivity index (χ2n) is 5.90. The molecule has 2 rings (SSSR count). The Balaban J connectivity index is 2.14. The Kier molecular flexibility index (Phi) is 6.07. The van der Waals surface area contributed by atoms with Gasteiger partial charge in [0.1, 0.15) is 12.2 Å². The highest BCUT2D eigenvalue weighted by atomic mass is 32.2. The summed E-state index contributed by atoms with van der Waals surface area (Å²) in [6.07, 6.45) is 3.54. The summed E-state index contributed by atoms with van der Waals surface area (Å²) >= 11 is 0. The number of carboxylic acids is 1. The zero-order chi connectivity index (χ0) is 18.6. The normalized spacial score (nSPS) is 16.6. The van der Waals surface area contributed by atoms with Gasteiger partial charge in [0.05, 0.1) is 17.6 Å². The number of aryl methyl sites for hydroxylation is 1. The lowest BCUT2D eigenvalue weighted by molar-refractivity contribution is -0.138. The Morgan fingerprint density at radius 2 is 1.92 bits per heavy atom. The van der Waals surface area contributed by atoms with Crippen molar-refractivity contribution in [1.82, 2.24) is 19.2 Å². The van der Waals surface area contributed by atoms with E-state index in [1.165, 1.54) is 21.6 Å². The fourth-order valence-corrected chi connectivity index (χ4v) is 3.91. The van der Waals surface area contributed by atoms with Gasteiger partial charge < -0.3 is 10.0 Å². The molecule has 1 fully saturated rings. The van der Waals surface area contributed by atoms with Crippen LogP contribution in [0.4, 0.5) is 0 Å². The van der Waals surface area contributed by atoms with Crippen LogP contribution in [0.2, 0.25) is 0 Å². The summed E-state index contributed by atoms with van der Waals surface area (Å²) in [5.41, 5.74) is 0.731. The maximum absolute atomic E-state index is 12.7. The van der Waals surface area contributed by atoms with E-state index < -0.39 is 28.4 Å². The molecular weight excluding hydrogens is 348 g/mol. The first-order valence-electron chi connectivity index (χ1n) is 8.04. The molecule has 1 amide bonds. The van der Waals surface area contributed by atoms with Gasteiger partial charge in [-0.1, -0.05) is 0 Å². The zero-order valence-corrected chi connectivity index (χ0v) is 15.1. The molecule has 138 valence electrons. The molecule has 1 aromatic heterocycles. The average molecular weight is 370 g/mol. The molecule has 9 nitrogen and oxygen atoms in total. The molecule has 1 aliphatic rings. The fraction of sp³-hybridized carbons (Fsp3) is 0.600. The van der Waals surface area contributed by atoms with Gasteiger partial charge in [0.25, 0.3) is 5.91 Å². The lowest BCUT2D eigenvalue weighted by Gasteiger charge is -2.37. The number of aromatic nitrogens is 2. The van der Waals surface area contributed by atoms with E-state index in [0.717, 1.165) is 0 Å². The predicted molar refractivity (Wildman–Crippen MR) is 89.5 cm³/mol. The molecule has 0 spiro atoms. The minimum atomic E-state index is -3.28. The Morgan fingerprint density at radius 1 is 1.28 bits per heavy atom. The summed E-state index contributed by atoms with van der Waals surface area (Å²) in [5.74, 6) is -1.61. The number of carbonyl (C=O) groups is 2. The van der Waals surface area contributed by atoms with E-state index in [0.29, 0.717) is 18.5 Å². The van der Waals surface area contributed by atoms with Gasteiger partial charge in [-0.05, 0) is 26.7 Å². The van der Waals surface area contributed by atoms with Crippen molar-refractivity contribution in [3.63, 3.8) is 0 Å². The van der Waals surface area contributed by atoms with Crippen molar-refractivity contribution in [3.8, 4) is 0 Å². The first-order valence-corrected chi connectivity index (χ1v) is 9.64. The van der Waals surface area contributed by atoms with Gasteiger partial charge in [-0.15, -0.1) is 0 Å². The SMILES string of the molecule is CCS(=O)(=O)N1CCC(N(CC(=O)O)C(=O)c2cnc(C)cn2)CC1. The molecule has 0 atom stereocenters. The molecule has 0 aromatic carbocycles. The fourth-order valence-electron chi connectivity index (χ4n) is 2.78. The van der Waals surface area contributed by atoms with E-state index in [1.54, 1.807) is 13.8 Å². The average Bonchev–Trinajstić information content (AvgIpc) is 2.60. The molecule has 0 radical (unpaired) electrons. The first-order chi connectivity index (χ1) is 11.7. The number of piperidine rings is 1. The van der Waals surface area contributed by atoms with Crippen LogP contribution in [0.25, 0.3) is 0 Å². The summed E-state index contributed by atoms with van der Waals surface area (Å²) in [7, 11) is -3.28. The van der Waals surface area contributed by atoms with Crippen LogP contribution in [0.1, 0.15) is 35.9 Å². The Hall–Kier alpha value is -2.07. The minimum absolute atomic E-state index is 0.0222. The Morgan fingerprint density at radius 3 is 2.40 bits per heavy atom. The van der Waals surface area contributed by atoms with Crippen molar-refractivity contribution in [2.75, 3.05) is 25.4 Å². The molecule has 1 aromatic rings. The van der Waals surface area contributed by atoms with Crippen molar-refractivity contribution < 1.29 is 23.1 Å². The summed E-state index contributed by atoms with van der Waals surface area (Å²) < 4.78 is 25.2. The number of hydrogen-bond donors (Lipinski definition) is 1. The molecule has 0 saturated carbocycles. The second-order valence-corrected chi connectivity index (χ2v) is 8.16. The molecule has 0 aliphatic carbocycles. The summed E-state index contributed by atoms with van der Waals surface area (Å²) in [6.45, 7) is 3.39. The van der Waals surface area contributed by atoms with Crippen LogP contribution < -0.4 is 0 Å². The number of sulfonamides is 1. The standard InChI is InChI=1S/C15H22N4O5S/c1-3-25(23,24)18-6-4-12(5-7-18)19(10-14(20)21)15(22)13-9-16-11(2)8-17-13/h8-9,12H,3-7,10H2,1-2H3,(H,20,21). The third kappa shape index (κ3) is 4.73. The number of hydrogen-bond acceptors (Lipinski definition) is 6. The summed E-state index contributed by atoms with van der Waals surface area (Å²) in [4.78, 5) is 33.1. The van der Waals surface area contributed by atoms with Gasteiger partial charge in [-0.2, -0.15) is 0 Å². The van der Waals surface area contributed by atoms with Crippen LogP contribution in [0.3, 0.4) is 0 Å². The van der Waals surface area contributed by atoms with E-state index in [1.807, 2.05) is 0 Å². The maximum Gasteiger partial charge on any atom is 0.323 e. The largest absolute Gasteiger partial charge is 0.480 e. The van der Waals surface area contributed by atoms with E-state index in [2.05, 4.69) is 9.97 Å². The topological polar surface area (TPSA) is 121 Å². The van der Waals surface area contributed by atoms with Gasteiger partial charge >= 0.3 is 5.97 Å². The highest BCUT2D eigenvalue weighted by molar-refractivity contribution is 7.89. The van der Waals surface area contributed by atoms with E-state index in [-0.39, 0.29) is 30.6 Å². The lowest BCUT2D eigenvalue weighted by Crippen LogP contribution is -2.50. The Labute approximate surface area is 146 Å². The molecule has 2 heterocycles. The van der Waals surface area contributed by atoms with Crippen LogP contribution in [0.15, 0.2) is 12.4 Å². The molecular formula is C15H22N4O5S. The van der Waals surface area contributed by atoms with Crippen LogP contribution >= 0.6 is 0 Å². The zero-order valence-electron chi connectivity index (χ0n) is 14.3. The van der Waals surface area contributed by atoms with Gasteiger partial charge in [0.2, 0.25) is 10.0 Å². The molecule has 1 aliphatic heterocycles. The van der Waals surface area contributed by atoms with Crippen molar-refractivity contribution in [2.24, 2.45) is 0 Å². The monoisotopic (exact) mass is 370 g/mol. The molecule has 1 saturated heterocycles. The number of rotatable bonds is 6.